The maximum Gasteiger partial charge on any atom is -1.00 e. The van der Waals surface area contributed by atoms with Crippen LogP contribution in [0.4, 0.5) is 0 Å². The zero-order valence-electron chi connectivity index (χ0n) is 20.6. The van der Waals surface area contributed by atoms with E-state index in [0.29, 0.717) is 0 Å². The van der Waals surface area contributed by atoms with E-state index in [1.807, 2.05) is 0 Å². The number of benzene rings is 3. The fraction of sp³-hybridized carbons (Fsp3) is 0.241. The first-order chi connectivity index (χ1) is 14.7. The van der Waals surface area contributed by atoms with Crippen LogP contribution >= 0.6 is 0 Å². The van der Waals surface area contributed by atoms with E-state index in [0.717, 1.165) is 0 Å². The van der Waals surface area contributed by atoms with E-state index in [2.05, 4.69) is 141 Å². The van der Waals surface area contributed by atoms with Crippen molar-refractivity contribution in [2.75, 3.05) is 0 Å². The molecule has 176 valence electrons. The molecule has 3 aromatic carbocycles. The Morgan fingerprint density at radius 1 is 0.588 bits per heavy atom. The molecular weight excluding hydrogens is 531 g/mol. The van der Waals surface area contributed by atoms with Gasteiger partial charge in [-0.1, -0.05) is 0 Å². The van der Waals surface area contributed by atoms with Crippen LogP contribution in [0.2, 0.25) is 5.04 Å². The van der Waals surface area contributed by atoms with E-state index in [-0.39, 0.29) is 42.3 Å². The third-order valence-corrected chi connectivity index (χ3v) is 15.0. The van der Waals surface area contributed by atoms with Gasteiger partial charge in [-0.3, -0.25) is 0 Å². The van der Waals surface area contributed by atoms with Crippen molar-refractivity contribution >= 4 is 23.6 Å². The Kier molecular flexibility index (Phi) is 10.7. The quantitative estimate of drug-likeness (QED) is 0.232. The van der Waals surface area contributed by atoms with Crippen LogP contribution in [0.5, 0.6) is 0 Å². The Bertz CT molecular complexity index is 1150. The van der Waals surface area contributed by atoms with Crippen LogP contribution in [0.15, 0.2) is 99.5 Å². The van der Waals surface area contributed by atoms with Crippen molar-refractivity contribution in [3.05, 3.63) is 111 Å². The van der Waals surface area contributed by atoms with Gasteiger partial charge in [0.05, 0.1) is 0 Å². The Morgan fingerprint density at radius 2 is 1.03 bits per heavy atom. The van der Waals surface area contributed by atoms with Gasteiger partial charge in [0.1, 0.15) is 0 Å². The Balaban J connectivity index is 0.00000193. The number of allylic oxidation sites excluding steroid dienone is 4. The molecule has 0 nitrogen and oxygen atoms in total. The maximum absolute atomic E-state index is 2.53. The van der Waals surface area contributed by atoms with Gasteiger partial charge in [-0.05, 0) is 0 Å². The number of hydrogen-bond donors (Lipinski definition) is 0. The van der Waals surface area contributed by atoms with Crippen LogP contribution in [0.1, 0.15) is 38.8 Å². The van der Waals surface area contributed by atoms with Crippen molar-refractivity contribution in [2.24, 2.45) is 0 Å². The molecule has 5 heteroatoms. The molecule has 0 radical (unpaired) electrons. The molecule has 0 heterocycles. The molecule has 0 aromatic heterocycles. The molecule has 1 aliphatic carbocycles. The second kappa shape index (κ2) is 11.8. The molecule has 3 aromatic rings. The predicted molar refractivity (Wildman–Crippen MR) is 133 cm³/mol. The molecular formula is C29H31Cl3SiTi. The molecule has 0 spiro atoms. The van der Waals surface area contributed by atoms with Gasteiger partial charge >= 0.3 is 201 Å². The van der Waals surface area contributed by atoms with Crippen LogP contribution in [0.3, 0.4) is 0 Å². The Morgan fingerprint density at radius 3 is 1.41 bits per heavy atom. The van der Waals surface area contributed by atoms with E-state index >= 15 is 0 Å². The standard InChI is InChI=1S/C29H31Si.3ClH.Ti/c1-21-12-10-16-27(18-21)30(26-14-8-7-9-15-26,28-17-11-13-22(2)19-28)29(6)20-23(3)24(4)25(29)5;;;;/h7-19H,1-6H3;3*1H;/q;;;;+3/p-3. The van der Waals surface area contributed by atoms with Crippen molar-refractivity contribution in [1.29, 1.82) is 0 Å². The van der Waals surface area contributed by atoms with E-state index in [1.165, 1.54) is 47.3 Å². The van der Waals surface area contributed by atoms with Gasteiger partial charge < -0.3 is 37.2 Å². The van der Waals surface area contributed by atoms with Crippen LogP contribution in [-0.2, 0) is 20.4 Å². The van der Waals surface area contributed by atoms with Gasteiger partial charge in [0.15, 0.2) is 0 Å². The minimum absolute atomic E-state index is 0. The Labute approximate surface area is 237 Å². The first kappa shape index (κ1) is 31.0. The molecule has 1 atom stereocenters. The second-order valence-electron chi connectivity index (χ2n) is 9.23. The molecule has 0 fully saturated rings. The summed E-state index contributed by atoms with van der Waals surface area (Å²) in [5.74, 6) is 0. The van der Waals surface area contributed by atoms with E-state index in [1.54, 1.807) is 0 Å². The summed E-state index contributed by atoms with van der Waals surface area (Å²) in [6.07, 6.45) is 0. The molecule has 0 aliphatic heterocycles. The van der Waals surface area contributed by atoms with Gasteiger partial charge in [0.2, 0.25) is 0 Å². The molecule has 0 bridgehead atoms. The third-order valence-electron chi connectivity index (χ3n) is 7.61. The third kappa shape index (κ3) is 4.57. The molecule has 0 N–H and O–H groups in total. The zero-order chi connectivity index (χ0) is 22.4. The van der Waals surface area contributed by atoms with Crippen LogP contribution in [0.25, 0.3) is 0 Å². The summed E-state index contributed by atoms with van der Waals surface area (Å²) in [6, 6.07) is 30.0. The Hall–Kier alpha value is -1.06. The SMILES string of the molecule is CC1=C(C)C(C)([Si](c2ccccc2)(c2cccc(C)c2)c2cccc(C)c2)[C]([Ti+3])=C1C.[Cl-].[Cl-].[Cl-]. The van der Waals surface area contributed by atoms with Crippen molar-refractivity contribution in [1.82, 2.24) is 0 Å². The molecule has 4 rings (SSSR count). The fourth-order valence-electron chi connectivity index (χ4n) is 5.69. The first-order valence-corrected chi connectivity index (χ1v) is 13.8. The minimum atomic E-state index is -2.50. The predicted octanol–water partition coefficient (Wildman–Crippen LogP) is -3.28. The smallest absolute Gasteiger partial charge is 1.00 e. The number of halogens is 3. The second-order valence-corrected chi connectivity index (χ2v) is 14.2. The van der Waals surface area contributed by atoms with E-state index in [9.17, 15) is 0 Å². The van der Waals surface area contributed by atoms with Crippen molar-refractivity contribution in [2.45, 2.75) is 46.6 Å². The van der Waals surface area contributed by atoms with Crippen LogP contribution in [0, 0.1) is 13.8 Å². The summed E-state index contributed by atoms with van der Waals surface area (Å²) >= 11 is 2.38. The van der Waals surface area contributed by atoms with Crippen molar-refractivity contribution in [3.8, 4) is 0 Å². The summed E-state index contributed by atoms with van der Waals surface area (Å²) in [4.78, 5) is 0. The summed E-state index contributed by atoms with van der Waals surface area (Å²) in [5, 5.41) is 4.43. The monoisotopic (exact) mass is 560 g/mol. The average Bonchev–Trinajstić information content (AvgIpc) is 2.91. The van der Waals surface area contributed by atoms with Gasteiger partial charge in [-0.25, -0.2) is 0 Å². The zero-order valence-corrected chi connectivity index (χ0v) is 25.5. The summed E-state index contributed by atoms with van der Waals surface area (Å²) < 4.78 is 1.53. The molecule has 34 heavy (non-hydrogen) atoms. The molecule has 1 unspecified atom stereocenters. The first-order valence-electron chi connectivity index (χ1n) is 11.1. The number of rotatable bonds is 4. The maximum atomic E-state index is 2.53. The average molecular weight is 562 g/mol. The summed E-state index contributed by atoms with van der Waals surface area (Å²) in [7, 11) is -2.50. The van der Waals surface area contributed by atoms with E-state index in [4.69, 9.17) is 0 Å². The minimum Gasteiger partial charge on any atom is -1.00 e. The van der Waals surface area contributed by atoms with Gasteiger partial charge in [0, 0.05) is 0 Å². The van der Waals surface area contributed by atoms with E-state index < -0.39 is 8.07 Å². The number of hydrogen-bond acceptors (Lipinski definition) is 0. The number of aryl methyl sites for hydroxylation is 2. The van der Waals surface area contributed by atoms with Crippen molar-refractivity contribution < 1.29 is 57.7 Å². The van der Waals surface area contributed by atoms with Crippen LogP contribution < -0.4 is 52.8 Å². The van der Waals surface area contributed by atoms with Crippen molar-refractivity contribution in [3.63, 3.8) is 0 Å². The summed E-state index contributed by atoms with van der Waals surface area (Å²) in [6.45, 7) is 14.0. The summed E-state index contributed by atoms with van der Waals surface area (Å²) in [5.41, 5.74) is 7.12. The molecule has 1 aliphatic rings. The van der Waals surface area contributed by atoms with Gasteiger partial charge in [-0.15, -0.1) is 0 Å². The fourth-order valence-corrected chi connectivity index (χ4v) is 13.5. The van der Waals surface area contributed by atoms with Crippen LogP contribution in [-0.4, -0.2) is 8.07 Å². The topological polar surface area (TPSA) is 0 Å². The van der Waals surface area contributed by atoms with Gasteiger partial charge in [0.25, 0.3) is 0 Å². The largest absolute Gasteiger partial charge is 1.00 e. The normalized spacial score (nSPS) is 17.6. The van der Waals surface area contributed by atoms with Gasteiger partial charge in [-0.2, -0.15) is 0 Å². The molecule has 0 saturated carbocycles. The molecule has 0 amide bonds. The molecule has 0 saturated heterocycles.